The average molecular weight is 742 g/mol. The third-order valence-corrected chi connectivity index (χ3v) is 6.71. The molecule has 7 nitrogen and oxygen atoms in total. The largest absolute Gasteiger partial charge is 0.381 e. The Kier molecular flexibility index (Phi) is 47.0. The molecule has 0 saturated carbocycles. The maximum Gasteiger partial charge on any atom is 0.237 e. The molecule has 0 aromatic heterocycles. The second-order valence-electron chi connectivity index (χ2n) is 12.3. The van der Waals surface area contributed by atoms with Crippen molar-refractivity contribution in [2.75, 3.05) is 39.5 Å². The zero-order valence-corrected chi connectivity index (χ0v) is 36.2. The van der Waals surface area contributed by atoms with E-state index in [9.17, 15) is 9.59 Å². The Morgan fingerprint density at radius 1 is 0.885 bits per heavy atom. The van der Waals surface area contributed by atoms with Crippen molar-refractivity contribution in [3.63, 3.8) is 0 Å². The number of aldehydes is 1. The van der Waals surface area contributed by atoms with Crippen LogP contribution in [0.1, 0.15) is 110 Å². The molecule has 0 bridgehead atoms. The fraction of sp³-hybridized carbons (Fsp3) is 0.568. The maximum absolute atomic E-state index is 11.8. The summed E-state index contributed by atoms with van der Waals surface area (Å²) in [5.74, 6) is 0.718. The SMILES string of the molecule is C=C(CNCCC)NCC=O.CC=N/C=C\C(C)C.CCC.CCCc1ccccc1CCCNC(=O)C(CC)NC.CS.Cc1cccc(C)c1. The summed E-state index contributed by atoms with van der Waals surface area (Å²) in [7, 11) is 1.83. The van der Waals surface area contributed by atoms with Crippen molar-refractivity contribution in [2.45, 2.75) is 120 Å². The Morgan fingerprint density at radius 2 is 1.46 bits per heavy atom. The fourth-order valence-corrected chi connectivity index (χ4v) is 4.23. The number of hydrogen-bond donors (Lipinski definition) is 5. The minimum Gasteiger partial charge on any atom is -0.381 e. The van der Waals surface area contributed by atoms with Crippen LogP contribution in [0.5, 0.6) is 0 Å². The maximum atomic E-state index is 11.8. The van der Waals surface area contributed by atoms with Gasteiger partial charge in [0.1, 0.15) is 6.29 Å². The molecule has 298 valence electrons. The highest BCUT2D eigenvalue weighted by atomic mass is 32.1. The first-order chi connectivity index (χ1) is 25.0. The van der Waals surface area contributed by atoms with E-state index in [-0.39, 0.29) is 11.9 Å². The van der Waals surface area contributed by atoms with Gasteiger partial charge in [0.05, 0.1) is 12.6 Å². The number of allylic oxidation sites excluding steroid dienone is 1. The smallest absolute Gasteiger partial charge is 0.237 e. The number of amides is 1. The van der Waals surface area contributed by atoms with Crippen LogP contribution in [-0.4, -0.2) is 63.9 Å². The fourth-order valence-electron chi connectivity index (χ4n) is 4.23. The molecule has 52 heavy (non-hydrogen) atoms. The van der Waals surface area contributed by atoms with Gasteiger partial charge in [0, 0.05) is 31.2 Å². The molecule has 0 aliphatic rings. The number of carbonyl (C=O) groups is 2. The van der Waals surface area contributed by atoms with Crippen LogP contribution in [0.2, 0.25) is 0 Å². The highest BCUT2D eigenvalue weighted by Gasteiger charge is 2.12. The third kappa shape index (κ3) is 39.6. The van der Waals surface area contributed by atoms with E-state index in [4.69, 9.17) is 0 Å². The van der Waals surface area contributed by atoms with Gasteiger partial charge in [-0.2, -0.15) is 12.6 Å². The molecule has 0 radical (unpaired) electrons. The van der Waals surface area contributed by atoms with Crippen LogP contribution < -0.4 is 21.3 Å². The van der Waals surface area contributed by atoms with Crippen LogP contribution in [-0.2, 0) is 22.4 Å². The summed E-state index contributed by atoms with van der Waals surface area (Å²) >= 11 is 3.53. The molecule has 2 aromatic carbocycles. The van der Waals surface area contributed by atoms with E-state index in [2.05, 4.69) is 155 Å². The van der Waals surface area contributed by atoms with Gasteiger partial charge in [-0.15, -0.1) is 0 Å². The van der Waals surface area contributed by atoms with Crippen LogP contribution in [0.25, 0.3) is 0 Å². The molecular formula is C44H79N5O2S. The zero-order valence-electron chi connectivity index (χ0n) is 35.3. The van der Waals surface area contributed by atoms with Crippen molar-refractivity contribution in [3.8, 4) is 0 Å². The minimum absolute atomic E-state index is 0.0672. The number of nitrogens with one attached hydrogen (secondary N) is 4. The molecule has 1 atom stereocenters. The number of rotatable bonds is 18. The predicted octanol–water partition coefficient (Wildman–Crippen LogP) is 9.49. The number of thiol groups is 1. The summed E-state index contributed by atoms with van der Waals surface area (Å²) in [5.41, 5.74) is 6.41. The van der Waals surface area contributed by atoms with Crippen molar-refractivity contribution < 1.29 is 9.59 Å². The average Bonchev–Trinajstić information content (AvgIpc) is 3.12. The van der Waals surface area contributed by atoms with Crippen molar-refractivity contribution in [2.24, 2.45) is 10.9 Å². The van der Waals surface area contributed by atoms with Crippen LogP contribution in [0.4, 0.5) is 0 Å². The van der Waals surface area contributed by atoms with Crippen molar-refractivity contribution in [1.82, 2.24) is 21.3 Å². The van der Waals surface area contributed by atoms with Gasteiger partial charge in [-0.25, -0.2) is 0 Å². The van der Waals surface area contributed by atoms with E-state index >= 15 is 0 Å². The standard InChI is InChI=1S/C17H28N2O.C8H16N2O.C8H10.C7H13N.C3H8.CH4S/c1-4-9-14-10-6-7-11-15(14)12-8-13-19-17(20)16(5-2)18-3;1-3-4-9-7-8(2)10-5-6-11;1-7-4-3-5-8(2)6-7;1-4-8-6-5-7(2)3;1-3-2;1-2/h6-7,10-11,16,18H,4-5,8-9,12-13H2,1-3H3,(H,19,20);6,9-10H,2-5,7H2,1H3;3-6H,1-2H3;4-7H,1-3H3;3H2,1-2H3;2H,1H3/b;;;6-5-,8-4?;;. The summed E-state index contributed by atoms with van der Waals surface area (Å²) < 4.78 is 0. The quantitative estimate of drug-likeness (QED) is 0.0454. The summed E-state index contributed by atoms with van der Waals surface area (Å²) in [5, 5.41) is 12.1. The molecular weight excluding hydrogens is 663 g/mol. The Hall–Kier alpha value is -3.20. The van der Waals surface area contributed by atoms with Gasteiger partial charge in [0.25, 0.3) is 0 Å². The lowest BCUT2D eigenvalue weighted by molar-refractivity contribution is -0.123. The zero-order chi connectivity index (χ0) is 40.4. The van der Waals surface area contributed by atoms with E-state index in [0.717, 1.165) is 63.7 Å². The lowest BCUT2D eigenvalue weighted by Crippen LogP contribution is -2.42. The molecule has 0 aliphatic heterocycles. The van der Waals surface area contributed by atoms with Crippen molar-refractivity contribution in [3.05, 3.63) is 95.3 Å². The number of benzene rings is 2. The van der Waals surface area contributed by atoms with Gasteiger partial charge in [-0.3, -0.25) is 9.79 Å². The third-order valence-electron chi connectivity index (χ3n) is 6.71. The van der Waals surface area contributed by atoms with Crippen LogP contribution in [0.15, 0.2) is 78.1 Å². The monoisotopic (exact) mass is 742 g/mol. The molecule has 0 spiro atoms. The van der Waals surface area contributed by atoms with E-state index in [1.165, 1.54) is 35.1 Å². The number of carbonyl (C=O) groups excluding carboxylic acids is 2. The molecule has 0 aliphatic carbocycles. The van der Waals surface area contributed by atoms with Gasteiger partial charge < -0.3 is 26.1 Å². The molecule has 1 unspecified atom stereocenters. The van der Waals surface area contributed by atoms with Gasteiger partial charge in [-0.05, 0) is 89.8 Å². The van der Waals surface area contributed by atoms with E-state index in [1.54, 1.807) is 12.5 Å². The second-order valence-corrected chi connectivity index (χ2v) is 12.3. The first kappa shape index (κ1) is 55.6. The van der Waals surface area contributed by atoms with Crippen LogP contribution in [0.3, 0.4) is 0 Å². The highest BCUT2D eigenvalue weighted by molar-refractivity contribution is 7.79. The summed E-state index contributed by atoms with van der Waals surface area (Å²) in [4.78, 5) is 25.6. The van der Waals surface area contributed by atoms with E-state index < -0.39 is 0 Å². The Balaban J connectivity index is -0.000000305. The highest BCUT2D eigenvalue weighted by Crippen LogP contribution is 2.13. The molecule has 1 amide bonds. The first-order valence-corrected chi connectivity index (χ1v) is 20.1. The topological polar surface area (TPSA) is 94.6 Å². The number of likely N-dealkylation sites (N-methyl/N-ethyl adjacent to an activating group) is 1. The molecule has 0 heterocycles. The predicted molar refractivity (Wildman–Crippen MR) is 236 cm³/mol. The molecule has 0 fully saturated rings. The van der Waals surface area contributed by atoms with E-state index in [1.807, 2.05) is 27.1 Å². The summed E-state index contributed by atoms with van der Waals surface area (Å²) in [6.45, 7) is 27.5. The van der Waals surface area contributed by atoms with Crippen molar-refractivity contribution in [1.29, 1.82) is 0 Å². The first-order valence-electron chi connectivity index (χ1n) is 19.2. The number of aliphatic imine (C=N–C) groups is 1. The van der Waals surface area contributed by atoms with E-state index in [0.29, 0.717) is 12.5 Å². The Labute approximate surface area is 326 Å². The van der Waals surface area contributed by atoms with Gasteiger partial charge in [-0.1, -0.05) is 134 Å². The summed E-state index contributed by atoms with van der Waals surface area (Å²) in [6.07, 6.45) is 15.7. The second kappa shape index (κ2) is 44.0. The lowest BCUT2D eigenvalue weighted by atomic mass is 9.99. The molecule has 4 N–H and O–H groups in total. The molecule has 8 heteroatoms. The van der Waals surface area contributed by atoms with Crippen LogP contribution in [0, 0.1) is 19.8 Å². The Morgan fingerprint density at radius 3 is 1.88 bits per heavy atom. The summed E-state index contributed by atoms with van der Waals surface area (Å²) in [6, 6.07) is 17.0. The van der Waals surface area contributed by atoms with Crippen LogP contribution >= 0.6 is 12.6 Å². The number of aryl methyl sites for hydroxylation is 4. The molecule has 2 aromatic rings. The van der Waals surface area contributed by atoms with Gasteiger partial charge >= 0.3 is 0 Å². The Bertz CT molecular complexity index is 1130. The molecule has 2 rings (SSSR count). The van der Waals surface area contributed by atoms with Crippen molar-refractivity contribution >= 4 is 31.0 Å². The normalized spacial score (nSPS) is 10.4. The van der Waals surface area contributed by atoms with Gasteiger partial charge in [0.15, 0.2) is 0 Å². The molecule has 0 saturated heterocycles. The number of nitrogens with zero attached hydrogens (tertiary/aromatic N) is 1. The lowest BCUT2D eigenvalue weighted by Gasteiger charge is -2.14. The van der Waals surface area contributed by atoms with Gasteiger partial charge in [0.2, 0.25) is 5.91 Å². The number of hydrogen-bond acceptors (Lipinski definition) is 7. The minimum atomic E-state index is -0.0672.